The molecule has 3 fully saturated rings. The van der Waals surface area contributed by atoms with Crippen molar-refractivity contribution in [2.45, 2.75) is 99.0 Å². The third kappa shape index (κ3) is 6.38. The Labute approximate surface area is 209 Å². The Kier molecular flexibility index (Phi) is 10.5. The maximum Gasteiger partial charge on any atom is 0.303 e. The zero-order chi connectivity index (χ0) is 27.6. The predicted molar refractivity (Wildman–Crippen MR) is 111 cm³/mol. The molecule has 17 nitrogen and oxygen atoms in total. The highest BCUT2D eigenvalue weighted by atomic mass is 16.8. The van der Waals surface area contributed by atoms with Gasteiger partial charge in [0, 0.05) is 6.92 Å². The van der Waals surface area contributed by atoms with E-state index in [0.29, 0.717) is 0 Å². The van der Waals surface area contributed by atoms with E-state index in [-0.39, 0.29) is 0 Å². The Morgan fingerprint density at radius 2 is 0.973 bits per heavy atom. The van der Waals surface area contributed by atoms with Crippen LogP contribution in [0.25, 0.3) is 0 Å². The second-order valence-electron chi connectivity index (χ2n) is 8.92. The normalized spacial score (nSPS) is 49.0. The fraction of sp³-hybridized carbons (Fsp3) is 0.950. The molecule has 0 amide bonds. The van der Waals surface area contributed by atoms with Gasteiger partial charge in [-0.25, -0.2) is 0 Å². The maximum absolute atomic E-state index is 11.3. The van der Waals surface area contributed by atoms with Crippen LogP contribution in [-0.2, 0) is 33.2 Å². The summed E-state index contributed by atoms with van der Waals surface area (Å²) < 4.78 is 31.6. The van der Waals surface area contributed by atoms with Crippen molar-refractivity contribution in [2.24, 2.45) is 0 Å². The molecule has 0 aromatic heterocycles. The predicted octanol–water partition coefficient (Wildman–Crippen LogP) is -7.00. The summed E-state index contributed by atoms with van der Waals surface area (Å²) in [5.74, 6) is -0.817. The quantitative estimate of drug-likeness (QED) is 0.127. The zero-order valence-electron chi connectivity index (χ0n) is 19.6. The fourth-order valence-electron chi connectivity index (χ4n) is 4.38. The van der Waals surface area contributed by atoms with Gasteiger partial charge in [-0.15, -0.1) is 0 Å². The molecule has 0 unspecified atom stereocenters. The SMILES string of the molecule is CC(=O)O[C@H]1[C@H](O)[C@@H](O)[C@H](O[C@H]2[C@H](O)[C@@H](O)[C@H](O[C@H]3[C@H](O)[C@@H](O)[C@H](O)O[C@@H]3CO)O[C@@H]2CO)O[C@@H]1CO. The molecule has 3 aliphatic rings. The lowest BCUT2D eigenvalue weighted by molar-refractivity contribution is -0.377. The second kappa shape index (κ2) is 12.8. The van der Waals surface area contributed by atoms with E-state index in [1.54, 1.807) is 0 Å². The van der Waals surface area contributed by atoms with Crippen molar-refractivity contribution < 1.29 is 84.3 Å². The van der Waals surface area contributed by atoms with Crippen molar-refractivity contribution >= 4 is 5.97 Å². The van der Waals surface area contributed by atoms with E-state index in [9.17, 15) is 55.9 Å². The Balaban J connectivity index is 1.72. The first-order chi connectivity index (χ1) is 17.4. The van der Waals surface area contributed by atoms with Crippen molar-refractivity contribution in [3.8, 4) is 0 Å². The summed E-state index contributed by atoms with van der Waals surface area (Å²) in [6.07, 6.45) is -25.2. The van der Waals surface area contributed by atoms with E-state index in [1.807, 2.05) is 0 Å². The minimum atomic E-state index is -1.93. The minimum absolute atomic E-state index is 0.758. The minimum Gasteiger partial charge on any atom is -0.457 e. The summed E-state index contributed by atoms with van der Waals surface area (Å²) in [6.45, 7) is -1.33. The van der Waals surface area contributed by atoms with Crippen molar-refractivity contribution in [3.05, 3.63) is 0 Å². The van der Waals surface area contributed by atoms with E-state index >= 15 is 0 Å². The van der Waals surface area contributed by atoms with Gasteiger partial charge in [-0.05, 0) is 0 Å². The summed E-state index contributed by atoms with van der Waals surface area (Å²) >= 11 is 0. The van der Waals surface area contributed by atoms with E-state index in [2.05, 4.69) is 0 Å². The van der Waals surface area contributed by atoms with Crippen molar-refractivity contribution in [3.63, 3.8) is 0 Å². The molecule has 10 N–H and O–H groups in total. The first-order valence-electron chi connectivity index (χ1n) is 11.5. The molecule has 37 heavy (non-hydrogen) atoms. The largest absolute Gasteiger partial charge is 0.457 e. The number of carbonyl (C=O) groups excluding carboxylic acids is 1. The van der Waals surface area contributed by atoms with Crippen molar-refractivity contribution in [1.82, 2.24) is 0 Å². The first kappa shape index (κ1) is 30.4. The van der Waals surface area contributed by atoms with Gasteiger partial charge < -0.3 is 79.5 Å². The monoisotopic (exact) mass is 546 g/mol. The van der Waals surface area contributed by atoms with Gasteiger partial charge in [0.05, 0.1) is 19.8 Å². The van der Waals surface area contributed by atoms with E-state index in [0.717, 1.165) is 6.92 Å². The molecule has 0 radical (unpaired) electrons. The topological polar surface area (TPSA) is 275 Å². The Hall–Kier alpha value is -1.13. The van der Waals surface area contributed by atoms with Crippen LogP contribution in [-0.4, -0.2) is 169 Å². The lowest BCUT2D eigenvalue weighted by atomic mass is 9.96. The molecule has 17 heteroatoms. The first-order valence-corrected chi connectivity index (χ1v) is 11.5. The van der Waals surface area contributed by atoms with Crippen LogP contribution < -0.4 is 0 Å². The summed E-state index contributed by atoms with van der Waals surface area (Å²) in [5, 5.41) is 101. The van der Waals surface area contributed by atoms with Crippen LogP contribution in [0, 0.1) is 0 Å². The van der Waals surface area contributed by atoms with Gasteiger partial charge >= 0.3 is 5.97 Å². The third-order valence-corrected chi connectivity index (χ3v) is 6.37. The highest BCUT2D eigenvalue weighted by Gasteiger charge is 2.53. The molecule has 0 aliphatic carbocycles. The van der Waals surface area contributed by atoms with Gasteiger partial charge in [-0.3, -0.25) is 4.79 Å². The molecule has 0 aromatic carbocycles. The molecule has 0 bridgehead atoms. The Morgan fingerprint density at radius 1 is 0.595 bits per heavy atom. The Bertz CT molecular complexity index is 736. The number of esters is 1. The molecule has 0 spiro atoms. The molecule has 216 valence electrons. The average molecular weight is 546 g/mol. The summed E-state index contributed by atoms with van der Waals surface area (Å²) in [4.78, 5) is 11.3. The number of hydrogen-bond acceptors (Lipinski definition) is 17. The maximum atomic E-state index is 11.3. The van der Waals surface area contributed by atoms with Gasteiger partial charge in [0.15, 0.2) is 25.0 Å². The highest BCUT2D eigenvalue weighted by Crippen LogP contribution is 2.32. The van der Waals surface area contributed by atoms with E-state index in [1.165, 1.54) is 0 Å². The molecule has 3 saturated heterocycles. The number of aliphatic hydroxyl groups is 10. The zero-order valence-corrected chi connectivity index (χ0v) is 19.6. The summed E-state index contributed by atoms with van der Waals surface area (Å²) in [7, 11) is 0. The summed E-state index contributed by atoms with van der Waals surface area (Å²) in [5.41, 5.74) is 0. The molecule has 3 aliphatic heterocycles. The van der Waals surface area contributed by atoms with Crippen LogP contribution in [0.5, 0.6) is 0 Å². The Morgan fingerprint density at radius 3 is 1.41 bits per heavy atom. The van der Waals surface area contributed by atoms with E-state index < -0.39 is 118 Å². The lowest BCUT2D eigenvalue weighted by Gasteiger charge is -2.48. The van der Waals surface area contributed by atoms with Gasteiger partial charge in [0.1, 0.15) is 67.1 Å². The van der Waals surface area contributed by atoms with Crippen molar-refractivity contribution in [2.75, 3.05) is 19.8 Å². The molecular formula is C20H34O17. The lowest BCUT2D eigenvalue weighted by Crippen LogP contribution is -2.66. The number of aliphatic hydroxyl groups excluding tert-OH is 10. The van der Waals surface area contributed by atoms with Gasteiger partial charge in [-0.2, -0.15) is 0 Å². The van der Waals surface area contributed by atoms with Gasteiger partial charge in [0.2, 0.25) is 0 Å². The third-order valence-electron chi connectivity index (χ3n) is 6.37. The second-order valence-corrected chi connectivity index (χ2v) is 8.92. The molecule has 15 atom stereocenters. The molecule has 0 aromatic rings. The molecule has 3 rings (SSSR count). The van der Waals surface area contributed by atoms with Gasteiger partial charge in [-0.1, -0.05) is 0 Å². The number of hydrogen-bond donors (Lipinski definition) is 10. The molecule has 0 saturated carbocycles. The van der Waals surface area contributed by atoms with Crippen molar-refractivity contribution in [1.29, 1.82) is 0 Å². The number of rotatable bonds is 8. The van der Waals surface area contributed by atoms with Crippen LogP contribution in [0.1, 0.15) is 6.92 Å². The van der Waals surface area contributed by atoms with Crippen LogP contribution in [0.4, 0.5) is 0 Å². The molecule has 3 heterocycles. The average Bonchev–Trinajstić information content (AvgIpc) is 2.87. The smallest absolute Gasteiger partial charge is 0.303 e. The number of carbonyl (C=O) groups is 1. The van der Waals surface area contributed by atoms with Crippen LogP contribution in [0.15, 0.2) is 0 Å². The standard InChI is InChI=1S/C20H34O17/c1-5(24)32-15-7(3-22)34-19(13(29)10(15)26)37-17-8(4-23)35-20(14(30)11(17)27)36-16-6(2-21)33-18(31)12(28)9(16)25/h6-23,25-31H,2-4H2,1H3/t6-,7-,8-,9-,10-,11-,12-,13-,14-,15-,16-,17-,18-,19+,20+/m1/s1. The van der Waals surface area contributed by atoms with Crippen LogP contribution >= 0.6 is 0 Å². The van der Waals surface area contributed by atoms with E-state index in [4.69, 9.17) is 28.4 Å². The van der Waals surface area contributed by atoms with Crippen LogP contribution in [0.2, 0.25) is 0 Å². The fourth-order valence-corrected chi connectivity index (χ4v) is 4.38. The van der Waals surface area contributed by atoms with Gasteiger partial charge in [0.25, 0.3) is 0 Å². The number of ether oxygens (including phenoxy) is 6. The summed E-state index contributed by atoms with van der Waals surface area (Å²) in [6, 6.07) is 0. The molecular weight excluding hydrogens is 512 g/mol. The van der Waals surface area contributed by atoms with Crippen LogP contribution in [0.3, 0.4) is 0 Å². The highest BCUT2D eigenvalue weighted by molar-refractivity contribution is 5.66.